The maximum Gasteiger partial charge on any atom is 0.245 e. The van der Waals surface area contributed by atoms with E-state index in [0.29, 0.717) is 6.42 Å². The van der Waals surface area contributed by atoms with Crippen LogP contribution in [-0.2, 0) is 14.4 Å². The molecule has 0 aromatic heterocycles. The van der Waals surface area contributed by atoms with Gasteiger partial charge >= 0.3 is 0 Å². The molecule has 6 heteroatoms. The van der Waals surface area contributed by atoms with Gasteiger partial charge in [-0.15, -0.1) is 0 Å². The fourth-order valence-corrected chi connectivity index (χ4v) is 0.556. The number of carbonyl (C=O) groups is 2. The van der Waals surface area contributed by atoms with Gasteiger partial charge < -0.3 is 11.5 Å². The van der Waals surface area contributed by atoms with Gasteiger partial charge in [0.25, 0.3) is 0 Å². The van der Waals surface area contributed by atoms with Crippen molar-refractivity contribution in [3.8, 4) is 0 Å². The highest BCUT2D eigenvalue weighted by Gasteiger charge is 2.11. The number of nitrogens with two attached hydrogens (primary N) is 2. The molecule has 12 heavy (non-hydrogen) atoms. The maximum atomic E-state index is 10.6. The van der Waals surface area contributed by atoms with Crippen molar-refractivity contribution in [1.82, 2.24) is 5.48 Å². The van der Waals surface area contributed by atoms with Gasteiger partial charge in [-0.2, -0.15) is 5.48 Å². The third-order valence-electron chi connectivity index (χ3n) is 1.19. The predicted octanol–water partition coefficient (Wildman–Crippen LogP) is -1.74. The van der Waals surface area contributed by atoms with Crippen LogP contribution in [0, 0.1) is 0 Å². The first-order valence-electron chi connectivity index (χ1n) is 3.52. The first-order chi connectivity index (χ1) is 5.57. The molecule has 6 nitrogen and oxygen atoms in total. The number of hydroxylamine groups is 1. The molecule has 1 atom stereocenters. The Labute approximate surface area is 70.2 Å². The SMILES string of the molecule is CCC(NOCC(N)=O)C(N)=O. The second kappa shape index (κ2) is 5.50. The van der Waals surface area contributed by atoms with Crippen LogP contribution in [0.15, 0.2) is 0 Å². The van der Waals surface area contributed by atoms with E-state index in [1.54, 1.807) is 6.92 Å². The number of carbonyl (C=O) groups excluding carboxylic acids is 2. The molecule has 0 bridgehead atoms. The number of hydrogen-bond acceptors (Lipinski definition) is 4. The average Bonchev–Trinajstić information content (AvgIpc) is 1.96. The molecule has 0 aliphatic rings. The maximum absolute atomic E-state index is 10.6. The second-order valence-electron chi connectivity index (χ2n) is 2.24. The van der Waals surface area contributed by atoms with Crippen molar-refractivity contribution in [2.45, 2.75) is 19.4 Å². The first kappa shape index (κ1) is 10.9. The molecule has 0 radical (unpaired) electrons. The molecule has 0 aromatic rings. The lowest BCUT2D eigenvalue weighted by atomic mass is 10.2. The van der Waals surface area contributed by atoms with E-state index in [9.17, 15) is 9.59 Å². The Bertz CT molecular complexity index is 171. The summed E-state index contributed by atoms with van der Waals surface area (Å²) in [5, 5.41) is 0. The molecule has 0 fully saturated rings. The van der Waals surface area contributed by atoms with Crippen LogP contribution in [0.4, 0.5) is 0 Å². The minimum atomic E-state index is -0.609. The molecular formula is C6H13N3O3. The summed E-state index contributed by atoms with van der Waals surface area (Å²) in [7, 11) is 0. The summed E-state index contributed by atoms with van der Waals surface area (Å²) >= 11 is 0. The number of nitrogens with one attached hydrogen (secondary N) is 1. The van der Waals surface area contributed by atoms with Crippen molar-refractivity contribution in [3.63, 3.8) is 0 Å². The summed E-state index contributed by atoms with van der Waals surface area (Å²) < 4.78 is 0. The molecule has 2 amide bonds. The zero-order valence-electron chi connectivity index (χ0n) is 6.87. The van der Waals surface area contributed by atoms with Gasteiger partial charge in [0, 0.05) is 0 Å². The van der Waals surface area contributed by atoms with Gasteiger partial charge in [0.15, 0.2) is 0 Å². The van der Waals surface area contributed by atoms with E-state index >= 15 is 0 Å². The van der Waals surface area contributed by atoms with E-state index in [0.717, 1.165) is 0 Å². The van der Waals surface area contributed by atoms with E-state index in [1.165, 1.54) is 0 Å². The molecule has 0 spiro atoms. The van der Waals surface area contributed by atoms with Gasteiger partial charge in [-0.25, -0.2) is 0 Å². The molecule has 0 aliphatic heterocycles. The fraction of sp³-hybridized carbons (Fsp3) is 0.667. The highest BCUT2D eigenvalue weighted by Crippen LogP contribution is 1.88. The third kappa shape index (κ3) is 4.64. The van der Waals surface area contributed by atoms with Gasteiger partial charge in [0.1, 0.15) is 12.6 Å². The highest BCUT2D eigenvalue weighted by atomic mass is 16.6. The van der Waals surface area contributed by atoms with Crippen LogP contribution in [0.1, 0.15) is 13.3 Å². The van der Waals surface area contributed by atoms with E-state index in [1.807, 2.05) is 0 Å². The molecule has 0 aromatic carbocycles. The normalized spacial score (nSPS) is 12.4. The summed E-state index contributed by atoms with van der Waals surface area (Å²) in [4.78, 5) is 25.3. The Morgan fingerprint density at radius 1 is 1.50 bits per heavy atom. The Kier molecular flexibility index (Phi) is 4.98. The molecule has 0 saturated heterocycles. The lowest BCUT2D eigenvalue weighted by Crippen LogP contribution is -2.41. The first-order valence-corrected chi connectivity index (χ1v) is 3.52. The summed E-state index contributed by atoms with van der Waals surface area (Å²) in [5.74, 6) is -1.14. The smallest absolute Gasteiger partial charge is 0.245 e. The summed E-state index contributed by atoms with van der Waals surface area (Å²) in [6.07, 6.45) is 0.494. The Balaban J connectivity index is 3.59. The molecule has 1 unspecified atom stereocenters. The van der Waals surface area contributed by atoms with Crippen molar-refractivity contribution in [2.75, 3.05) is 6.61 Å². The fourth-order valence-electron chi connectivity index (χ4n) is 0.556. The van der Waals surface area contributed by atoms with Gasteiger partial charge in [-0.3, -0.25) is 14.4 Å². The number of rotatable bonds is 6. The molecular weight excluding hydrogens is 162 g/mol. The minimum absolute atomic E-state index is 0.274. The Morgan fingerprint density at radius 3 is 2.42 bits per heavy atom. The Morgan fingerprint density at radius 2 is 2.08 bits per heavy atom. The third-order valence-corrected chi connectivity index (χ3v) is 1.19. The standard InChI is InChI=1S/C6H13N3O3/c1-2-4(6(8)11)9-12-3-5(7)10/h4,9H,2-3H2,1H3,(H2,7,10)(H2,8,11). The number of hydrogen-bond donors (Lipinski definition) is 3. The van der Waals surface area contributed by atoms with Crippen LogP contribution in [0.2, 0.25) is 0 Å². The van der Waals surface area contributed by atoms with E-state index in [2.05, 4.69) is 10.3 Å². The van der Waals surface area contributed by atoms with E-state index < -0.39 is 17.9 Å². The van der Waals surface area contributed by atoms with Crippen molar-refractivity contribution < 1.29 is 14.4 Å². The number of primary amides is 2. The van der Waals surface area contributed by atoms with Crippen molar-refractivity contribution in [3.05, 3.63) is 0 Å². The van der Waals surface area contributed by atoms with Crippen LogP contribution >= 0.6 is 0 Å². The molecule has 0 heterocycles. The monoisotopic (exact) mass is 175 g/mol. The quantitative estimate of drug-likeness (QED) is 0.416. The molecule has 5 N–H and O–H groups in total. The van der Waals surface area contributed by atoms with E-state index in [4.69, 9.17) is 11.5 Å². The van der Waals surface area contributed by atoms with Crippen LogP contribution in [0.5, 0.6) is 0 Å². The van der Waals surface area contributed by atoms with Gasteiger partial charge in [0.2, 0.25) is 11.8 Å². The second-order valence-corrected chi connectivity index (χ2v) is 2.24. The zero-order chi connectivity index (χ0) is 9.56. The number of amides is 2. The molecule has 0 saturated carbocycles. The predicted molar refractivity (Wildman–Crippen MR) is 41.6 cm³/mol. The highest BCUT2D eigenvalue weighted by molar-refractivity contribution is 5.79. The lowest BCUT2D eigenvalue weighted by Gasteiger charge is -2.11. The largest absolute Gasteiger partial charge is 0.368 e. The lowest BCUT2D eigenvalue weighted by molar-refractivity contribution is -0.131. The summed E-state index contributed by atoms with van der Waals surface area (Å²) in [6, 6.07) is -0.579. The van der Waals surface area contributed by atoms with Crippen LogP contribution in [0.3, 0.4) is 0 Å². The summed E-state index contributed by atoms with van der Waals surface area (Å²) in [6.45, 7) is 1.49. The van der Waals surface area contributed by atoms with Gasteiger partial charge in [-0.1, -0.05) is 6.92 Å². The van der Waals surface area contributed by atoms with Crippen LogP contribution in [-0.4, -0.2) is 24.5 Å². The van der Waals surface area contributed by atoms with E-state index in [-0.39, 0.29) is 6.61 Å². The van der Waals surface area contributed by atoms with Crippen LogP contribution in [0.25, 0.3) is 0 Å². The Hall–Kier alpha value is -1.14. The summed E-state index contributed by atoms with van der Waals surface area (Å²) in [5.41, 5.74) is 12.1. The van der Waals surface area contributed by atoms with Crippen molar-refractivity contribution >= 4 is 11.8 Å². The van der Waals surface area contributed by atoms with Gasteiger partial charge in [-0.05, 0) is 6.42 Å². The molecule has 70 valence electrons. The van der Waals surface area contributed by atoms with Crippen LogP contribution < -0.4 is 16.9 Å². The molecule has 0 aliphatic carbocycles. The zero-order valence-corrected chi connectivity index (χ0v) is 6.87. The minimum Gasteiger partial charge on any atom is -0.368 e. The van der Waals surface area contributed by atoms with Crippen molar-refractivity contribution in [1.29, 1.82) is 0 Å². The van der Waals surface area contributed by atoms with Crippen molar-refractivity contribution in [2.24, 2.45) is 11.5 Å². The average molecular weight is 175 g/mol. The molecule has 0 rings (SSSR count). The topological polar surface area (TPSA) is 107 Å². The van der Waals surface area contributed by atoms with Gasteiger partial charge in [0.05, 0.1) is 0 Å².